The minimum atomic E-state index is -0.274. The SMILES string of the molecule is CN(CC1CCCO1)CC(O)C(C)(C)C. The summed E-state index contributed by atoms with van der Waals surface area (Å²) in [5, 5.41) is 9.95. The summed E-state index contributed by atoms with van der Waals surface area (Å²) in [5.41, 5.74) is -0.0369. The van der Waals surface area contributed by atoms with Gasteiger partial charge in [0.05, 0.1) is 12.2 Å². The molecule has 1 aliphatic heterocycles. The molecule has 1 rings (SSSR count). The molecule has 2 atom stereocenters. The lowest BCUT2D eigenvalue weighted by Gasteiger charge is -2.30. The van der Waals surface area contributed by atoms with Gasteiger partial charge in [0.25, 0.3) is 0 Å². The molecule has 0 spiro atoms. The molecule has 0 radical (unpaired) electrons. The van der Waals surface area contributed by atoms with Crippen molar-refractivity contribution < 1.29 is 9.84 Å². The molecule has 15 heavy (non-hydrogen) atoms. The predicted molar refractivity (Wildman–Crippen MR) is 61.9 cm³/mol. The molecular weight excluding hydrogens is 190 g/mol. The average molecular weight is 215 g/mol. The van der Waals surface area contributed by atoms with Gasteiger partial charge >= 0.3 is 0 Å². The first-order chi connectivity index (χ1) is 6.89. The van der Waals surface area contributed by atoms with E-state index in [1.54, 1.807) is 0 Å². The first-order valence-corrected chi connectivity index (χ1v) is 5.88. The molecule has 0 aromatic heterocycles. The van der Waals surface area contributed by atoms with Gasteiger partial charge in [-0.2, -0.15) is 0 Å². The van der Waals surface area contributed by atoms with Gasteiger partial charge in [-0.1, -0.05) is 20.8 Å². The second-order valence-electron chi connectivity index (χ2n) is 5.74. The van der Waals surface area contributed by atoms with E-state index in [1.165, 1.54) is 6.42 Å². The van der Waals surface area contributed by atoms with Gasteiger partial charge in [0.1, 0.15) is 0 Å². The zero-order chi connectivity index (χ0) is 11.5. The van der Waals surface area contributed by atoms with E-state index >= 15 is 0 Å². The molecule has 90 valence electrons. The molecule has 0 amide bonds. The number of nitrogens with zero attached hydrogens (tertiary/aromatic N) is 1. The highest BCUT2D eigenvalue weighted by Gasteiger charge is 2.25. The van der Waals surface area contributed by atoms with Crippen molar-refractivity contribution in [3.63, 3.8) is 0 Å². The zero-order valence-corrected chi connectivity index (χ0v) is 10.5. The molecule has 1 heterocycles. The minimum Gasteiger partial charge on any atom is -0.391 e. The van der Waals surface area contributed by atoms with E-state index in [2.05, 4.69) is 32.7 Å². The van der Waals surface area contributed by atoms with E-state index in [-0.39, 0.29) is 11.5 Å². The maximum absolute atomic E-state index is 9.95. The van der Waals surface area contributed by atoms with Crippen LogP contribution in [0.2, 0.25) is 0 Å². The quantitative estimate of drug-likeness (QED) is 0.771. The molecule has 1 fully saturated rings. The maximum Gasteiger partial charge on any atom is 0.0715 e. The monoisotopic (exact) mass is 215 g/mol. The van der Waals surface area contributed by atoms with Gasteiger partial charge in [-0.25, -0.2) is 0 Å². The van der Waals surface area contributed by atoms with Crippen LogP contribution in [0.5, 0.6) is 0 Å². The van der Waals surface area contributed by atoms with Gasteiger partial charge in [0, 0.05) is 19.7 Å². The molecule has 1 aliphatic rings. The third kappa shape index (κ3) is 4.49. The Morgan fingerprint density at radius 2 is 2.13 bits per heavy atom. The van der Waals surface area contributed by atoms with Crippen molar-refractivity contribution in [1.82, 2.24) is 4.90 Å². The summed E-state index contributed by atoms with van der Waals surface area (Å²) in [6, 6.07) is 0. The fourth-order valence-electron chi connectivity index (χ4n) is 1.78. The van der Waals surface area contributed by atoms with E-state index in [0.29, 0.717) is 6.10 Å². The third-order valence-electron chi connectivity index (χ3n) is 3.02. The Balaban J connectivity index is 2.25. The number of aliphatic hydroxyl groups is 1. The highest BCUT2D eigenvalue weighted by atomic mass is 16.5. The number of hydrogen-bond acceptors (Lipinski definition) is 3. The minimum absolute atomic E-state index is 0.0369. The summed E-state index contributed by atoms with van der Waals surface area (Å²) in [5.74, 6) is 0. The second-order valence-corrected chi connectivity index (χ2v) is 5.74. The highest BCUT2D eigenvalue weighted by molar-refractivity contribution is 4.77. The summed E-state index contributed by atoms with van der Waals surface area (Å²) in [4.78, 5) is 2.17. The van der Waals surface area contributed by atoms with Crippen molar-refractivity contribution in [2.24, 2.45) is 5.41 Å². The van der Waals surface area contributed by atoms with Crippen LogP contribution < -0.4 is 0 Å². The fourth-order valence-corrected chi connectivity index (χ4v) is 1.78. The normalized spacial score (nSPS) is 24.8. The lowest BCUT2D eigenvalue weighted by molar-refractivity contribution is 0.0172. The number of ether oxygens (including phenoxy) is 1. The molecular formula is C12H25NO2. The van der Waals surface area contributed by atoms with Gasteiger partial charge in [0.15, 0.2) is 0 Å². The van der Waals surface area contributed by atoms with E-state index in [1.807, 2.05) is 0 Å². The maximum atomic E-state index is 9.95. The van der Waals surface area contributed by atoms with Gasteiger partial charge < -0.3 is 14.7 Å². The molecule has 1 saturated heterocycles. The summed E-state index contributed by atoms with van der Waals surface area (Å²) >= 11 is 0. The van der Waals surface area contributed by atoms with Crippen LogP contribution in [0.25, 0.3) is 0 Å². The van der Waals surface area contributed by atoms with Gasteiger partial charge in [-0.15, -0.1) is 0 Å². The first kappa shape index (κ1) is 12.9. The summed E-state index contributed by atoms with van der Waals surface area (Å²) in [6.07, 6.45) is 2.45. The first-order valence-electron chi connectivity index (χ1n) is 5.88. The van der Waals surface area contributed by atoms with Crippen molar-refractivity contribution in [2.45, 2.75) is 45.8 Å². The standard InChI is InChI=1S/C12H25NO2/c1-12(2,3)11(14)9-13(4)8-10-6-5-7-15-10/h10-11,14H,5-9H2,1-4H3. The molecule has 3 nitrogen and oxygen atoms in total. The largest absolute Gasteiger partial charge is 0.391 e. The van der Waals surface area contributed by atoms with Crippen molar-refractivity contribution in [3.05, 3.63) is 0 Å². The average Bonchev–Trinajstić information content (AvgIpc) is 2.54. The molecule has 0 aliphatic carbocycles. The van der Waals surface area contributed by atoms with Crippen LogP contribution in [0.15, 0.2) is 0 Å². The summed E-state index contributed by atoms with van der Waals surface area (Å²) in [7, 11) is 2.05. The third-order valence-corrected chi connectivity index (χ3v) is 3.02. The number of rotatable bonds is 4. The number of likely N-dealkylation sites (N-methyl/N-ethyl adjacent to an activating group) is 1. The Morgan fingerprint density at radius 3 is 2.60 bits per heavy atom. The number of hydrogen-bond donors (Lipinski definition) is 1. The summed E-state index contributed by atoms with van der Waals surface area (Å²) < 4.78 is 5.57. The molecule has 2 unspecified atom stereocenters. The van der Waals surface area contributed by atoms with Crippen molar-refractivity contribution in [3.8, 4) is 0 Å². The van der Waals surface area contributed by atoms with E-state index in [0.717, 1.165) is 26.1 Å². The van der Waals surface area contributed by atoms with Crippen molar-refractivity contribution >= 4 is 0 Å². The molecule has 3 heteroatoms. The van der Waals surface area contributed by atoms with Gasteiger partial charge in [-0.3, -0.25) is 0 Å². The smallest absolute Gasteiger partial charge is 0.0715 e. The molecule has 0 aromatic rings. The van der Waals surface area contributed by atoms with Crippen LogP contribution in [0.4, 0.5) is 0 Å². The lowest BCUT2D eigenvalue weighted by Crippen LogP contribution is -2.40. The van der Waals surface area contributed by atoms with Crippen LogP contribution in [-0.4, -0.2) is 49.0 Å². The Kier molecular flexibility index (Phi) is 4.56. The number of aliphatic hydroxyl groups excluding tert-OH is 1. The van der Waals surface area contributed by atoms with Crippen LogP contribution in [0, 0.1) is 5.41 Å². The molecule has 0 saturated carbocycles. The Bertz CT molecular complexity index is 183. The molecule has 1 N–H and O–H groups in total. The van der Waals surface area contributed by atoms with Crippen molar-refractivity contribution in [2.75, 3.05) is 26.7 Å². The van der Waals surface area contributed by atoms with E-state index < -0.39 is 0 Å². The second kappa shape index (κ2) is 5.28. The van der Waals surface area contributed by atoms with Crippen LogP contribution in [0.3, 0.4) is 0 Å². The van der Waals surface area contributed by atoms with Gasteiger partial charge in [0.2, 0.25) is 0 Å². The van der Waals surface area contributed by atoms with Crippen LogP contribution >= 0.6 is 0 Å². The zero-order valence-electron chi connectivity index (χ0n) is 10.5. The fraction of sp³-hybridized carbons (Fsp3) is 1.00. The Morgan fingerprint density at radius 1 is 1.47 bits per heavy atom. The molecule has 0 aromatic carbocycles. The van der Waals surface area contributed by atoms with Crippen LogP contribution in [0.1, 0.15) is 33.6 Å². The van der Waals surface area contributed by atoms with Crippen molar-refractivity contribution in [1.29, 1.82) is 0 Å². The van der Waals surface area contributed by atoms with Crippen LogP contribution in [-0.2, 0) is 4.74 Å². The lowest BCUT2D eigenvalue weighted by atomic mass is 9.89. The Hall–Kier alpha value is -0.120. The molecule has 0 bridgehead atoms. The van der Waals surface area contributed by atoms with E-state index in [9.17, 15) is 5.11 Å². The Labute approximate surface area is 93.4 Å². The van der Waals surface area contributed by atoms with E-state index in [4.69, 9.17) is 4.74 Å². The summed E-state index contributed by atoms with van der Waals surface area (Å²) in [6.45, 7) is 8.77. The topological polar surface area (TPSA) is 32.7 Å². The highest BCUT2D eigenvalue weighted by Crippen LogP contribution is 2.20. The van der Waals surface area contributed by atoms with Gasteiger partial charge in [-0.05, 0) is 25.3 Å². The predicted octanol–water partition coefficient (Wildman–Crippen LogP) is 1.50.